The Morgan fingerprint density at radius 1 is 1.43 bits per heavy atom. The Morgan fingerprint density at radius 3 is 2.62 bits per heavy atom. The molecule has 120 valence electrons. The van der Waals surface area contributed by atoms with Crippen LogP contribution in [0.3, 0.4) is 0 Å². The lowest BCUT2D eigenvalue weighted by Crippen LogP contribution is -2.34. The SMILES string of the molecule is CCC(C)N(C)S(=O)(=O)c1cc(CNC2CC2)n(CC)c1. The van der Waals surface area contributed by atoms with E-state index in [0.717, 1.165) is 25.2 Å². The van der Waals surface area contributed by atoms with E-state index in [9.17, 15) is 8.42 Å². The van der Waals surface area contributed by atoms with Crippen molar-refractivity contribution in [2.24, 2.45) is 0 Å². The Bertz CT molecular complexity index is 576. The molecule has 0 bridgehead atoms. The van der Waals surface area contributed by atoms with Gasteiger partial charge in [-0.25, -0.2) is 8.42 Å². The quantitative estimate of drug-likeness (QED) is 0.800. The Hall–Kier alpha value is -0.850. The molecule has 21 heavy (non-hydrogen) atoms. The predicted molar refractivity (Wildman–Crippen MR) is 84.7 cm³/mol. The summed E-state index contributed by atoms with van der Waals surface area (Å²) in [6.07, 6.45) is 5.03. The molecule has 1 aromatic heterocycles. The molecule has 1 unspecified atom stereocenters. The van der Waals surface area contributed by atoms with E-state index >= 15 is 0 Å². The number of nitrogens with zero attached hydrogens (tertiary/aromatic N) is 2. The number of hydrogen-bond donors (Lipinski definition) is 1. The molecule has 0 saturated heterocycles. The first-order chi connectivity index (χ1) is 9.90. The molecule has 1 saturated carbocycles. The van der Waals surface area contributed by atoms with E-state index in [1.165, 1.54) is 17.1 Å². The van der Waals surface area contributed by atoms with Gasteiger partial charge in [-0.05, 0) is 39.2 Å². The topological polar surface area (TPSA) is 54.3 Å². The third kappa shape index (κ3) is 3.67. The third-order valence-corrected chi connectivity index (χ3v) is 6.28. The summed E-state index contributed by atoms with van der Waals surface area (Å²) in [5.74, 6) is 0. The van der Waals surface area contributed by atoms with E-state index in [0.29, 0.717) is 10.9 Å². The molecule has 0 aromatic carbocycles. The highest BCUT2D eigenvalue weighted by molar-refractivity contribution is 7.89. The number of rotatable bonds is 8. The molecule has 1 fully saturated rings. The van der Waals surface area contributed by atoms with Gasteiger partial charge in [0, 0.05) is 44.1 Å². The van der Waals surface area contributed by atoms with E-state index in [1.807, 2.05) is 31.4 Å². The molecular weight excluding hydrogens is 286 g/mol. The minimum absolute atomic E-state index is 0.00742. The predicted octanol–water partition coefficient (Wildman–Crippen LogP) is 2.18. The van der Waals surface area contributed by atoms with Gasteiger partial charge in [-0.2, -0.15) is 4.31 Å². The molecular formula is C15H27N3O2S. The Labute approximate surface area is 128 Å². The van der Waals surface area contributed by atoms with Crippen LogP contribution in [0.2, 0.25) is 0 Å². The van der Waals surface area contributed by atoms with Gasteiger partial charge in [-0.3, -0.25) is 0 Å². The van der Waals surface area contributed by atoms with Crippen LogP contribution in [0.25, 0.3) is 0 Å². The molecule has 0 amide bonds. The number of hydrogen-bond acceptors (Lipinski definition) is 3. The second-order valence-electron chi connectivity index (χ2n) is 5.89. The Balaban J connectivity index is 2.21. The number of aryl methyl sites for hydroxylation is 1. The second kappa shape index (κ2) is 6.50. The molecule has 1 aliphatic carbocycles. The van der Waals surface area contributed by atoms with Crippen LogP contribution >= 0.6 is 0 Å². The van der Waals surface area contributed by atoms with E-state index < -0.39 is 10.0 Å². The van der Waals surface area contributed by atoms with Gasteiger partial charge < -0.3 is 9.88 Å². The zero-order valence-corrected chi connectivity index (χ0v) is 14.3. The summed E-state index contributed by atoms with van der Waals surface area (Å²) >= 11 is 0. The van der Waals surface area contributed by atoms with Crippen LogP contribution in [0.15, 0.2) is 17.2 Å². The zero-order valence-electron chi connectivity index (χ0n) is 13.5. The fourth-order valence-corrected chi connectivity index (χ4v) is 3.81. The molecule has 6 heteroatoms. The minimum atomic E-state index is -3.40. The lowest BCUT2D eigenvalue weighted by atomic mass is 10.3. The first-order valence-corrected chi connectivity index (χ1v) is 9.24. The molecule has 1 N–H and O–H groups in total. The van der Waals surface area contributed by atoms with Gasteiger partial charge in [0.25, 0.3) is 0 Å². The maximum atomic E-state index is 12.7. The van der Waals surface area contributed by atoms with Crippen molar-refractivity contribution in [1.29, 1.82) is 0 Å². The Kier molecular flexibility index (Phi) is 5.11. The first-order valence-electron chi connectivity index (χ1n) is 7.80. The molecule has 1 aliphatic rings. The summed E-state index contributed by atoms with van der Waals surface area (Å²) in [5, 5.41) is 3.45. The second-order valence-corrected chi connectivity index (χ2v) is 7.88. The van der Waals surface area contributed by atoms with E-state index in [1.54, 1.807) is 13.2 Å². The normalized spacial score (nSPS) is 17.4. The van der Waals surface area contributed by atoms with E-state index in [2.05, 4.69) is 5.32 Å². The van der Waals surface area contributed by atoms with Crippen molar-refractivity contribution in [3.05, 3.63) is 18.0 Å². The molecule has 1 atom stereocenters. The average molecular weight is 313 g/mol. The van der Waals surface area contributed by atoms with Crippen LogP contribution in [0.5, 0.6) is 0 Å². The molecule has 0 spiro atoms. The monoisotopic (exact) mass is 313 g/mol. The molecule has 0 radical (unpaired) electrons. The lowest BCUT2D eigenvalue weighted by Gasteiger charge is -2.22. The average Bonchev–Trinajstić information content (AvgIpc) is 3.21. The van der Waals surface area contributed by atoms with Crippen molar-refractivity contribution in [3.8, 4) is 0 Å². The van der Waals surface area contributed by atoms with Crippen molar-refractivity contribution in [1.82, 2.24) is 14.2 Å². The molecule has 0 aliphatic heterocycles. The summed E-state index contributed by atoms with van der Waals surface area (Å²) in [6.45, 7) is 7.49. The van der Waals surface area contributed by atoms with Gasteiger partial charge in [0.1, 0.15) is 4.90 Å². The lowest BCUT2D eigenvalue weighted by molar-refractivity contribution is 0.380. The minimum Gasteiger partial charge on any atom is -0.349 e. The van der Waals surface area contributed by atoms with Crippen LogP contribution in [0.4, 0.5) is 0 Å². The summed E-state index contributed by atoms with van der Waals surface area (Å²) in [5.41, 5.74) is 1.04. The summed E-state index contributed by atoms with van der Waals surface area (Å²) in [4.78, 5) is 0.403. The van der Waals surface area contributed by atoms with Gasteiger partial charge in [-0.15, -0.1) is 0 Å². The molecule has 1 heterocycles. The fourth-order valence-electron chi connectivity index (χ4n) is 2.31. The highest BCUT2D eigenvalue weighted by atomic mass is 32.2. The third-order valence-electron chi connectivity index (χ3n) is 4.34. The van der Waals surface area contributed by atoms with Crippen LogP contribution in [-0.4, -0.2) is 36.4 Å². The van der Waals surface area contributed by atoms with Crippen LogP contribution in [0.1, 0.15) is 45.7 Å². The smallest absolute Gasteiger partial charge is 0.244 e. The number of aromatic nitrogens is 1. The van der Waals surface area contributed by atoms with E-state index in [-0.39, 0.29) is 6.04 Å². The largest absolute Gasteiger partial charge is 0.349 e. The van der Waals surface area contributed by atoms with Crippen molar-refractivity contribution >= 4 is 10.0 Å². The van der Waals surface area contributed by atoms with Gasteiger partial charge >= 0.3 is 0 Å². The van der Waals surface area contributed by atoms with Crippen molar-refractivity contribution < 1.29 is 8.42 Å². The maximum Gasteiger partial charge on any atom is 0.244 e. The molecule has 2 rings (SSSR count). The maximum absolute atomic E-state index is 12.7. The molecule has 5 nitrogen and oxygen atoms in total. The van der Waals surface area contributed by atoms with Gasteiger partial charge in [0.15, 0.2) is 0 Å². The first kappa shape index (κ1) is 16.5. The van der Waals surface area contributed by atoms with E-state index in [4.69, 9.17) is 0 Å². The van der Waals surface area contributed by atoms with Crippen LogP contribution in [-0.2, 0) is 23.1 Å². The van der Waals surface area contributed by atoms with Crippen LogP contribution in [0, 0.1) is 0 Å². The van der Waals surface area contributed by atoms with Crippen molar-refractivity contribution in [2.75, 3.05) is 7.05 Å². The van der Waals surface area contributed by atoms with Crippen molar-refractivity contribution in [2.45, 2.75) is 70.1 Å². The van der Waals surface area contributed by atoms with Gasteiger partial charge in [-0.1, -0.05) is 6.92 Å². The highest BCUT2D eigenvalue weighted by Gasteiger charge is 2.27. The molecule has 1 aromatic rings. The summed E-state index contributed by atoms with van der Waals surface area (Å²) in [6, 6.07) is 2.44. The fraction of sp³-hybridized carbons (Fsp3) is 0.733. The van der Waals surface area contributed by atoms with Crippen molar-refractivity contribution in [3.63, 3.8) is 0 Å². The number of sulfonamides is 1. The zero-order chi connectivity index (χ0) is 15.6. The standard InChI is InChI=1S/C15H27N3O2S/c1-5-12(3)17(4)21(19,20)15-9-14(18(6-2)11-15)10-16-13-7-8-13/h9,11-13,16H,5-8,10H2,1-4H3. The summed E-state index contributed by atoms with van der Waals surface area (Å²) < 4.78 is 28.8. The highest BCUT2D eigenvalue weighted by Crippen LogP contribution is 2.23. The van der Waals surface area contributed by atoms with Gasteiger partial charge in [0.05, 0.1) is 0 Å². The van der Waals surface area contributed by atoms with Crippen LogP contribution < -0.4 is 5.32 Å². The number of nitrogens with one attached hydrogen (secondary N) is 1. The Morgan fingerprint density at radius 2 is 2.10 bits per heavy atom. The van der Waals surface area contributed by atoms with Gasteiger partial charge in [0.2, 0.25) is 10.0 Å². The summed E-state index contributed by atoms with van der Waals surface area (Å²) in [7, 11) is -1.74.